The maximum atomic E-state index is 12.6. The van der Waals surface area contributed by atoms with E-state index >= 15 is 0 Å². The van der Waals surface area contributed by atoms with Gasteiger partial charge in [-0.25, -0.2) is 8.78 Å². The van der Waals surface area contributed by atoms with Gasteiger partial charge in [0.15, 0.2) is 0 Å². The van der Waals surface area contributed by atoms with E-state index < -0.39 is 19.4 Å². The molecule has 0 N–H and O–H groups in total. The van der Waals surface area contributed by atoms with Crippen LogP contribution in [0.1, 0.15) is 6.42 Å². The Kier molecular flexibility index (Phi) is 3.42. The third-order valence-electron chi connectivity index (χ3n) is 3.05. The highest BCUT2D eigenvalue weighted by molar-refractivity contribution is 9.11. The van der Waals surface area contributed by atoms with Gasteiger partial charge in [-0.05, 0) is 10.9 Å². The average molecular weight is 292 g/mol. The molecule has 16 heavy (non-hydrogen) atoms. The lowest BCUT2D eigenvalue weighted by Crippen LogP contribution is -2.39. The molecule has 1 amide bonds. The maximum Gasteiger partial charge on any atom is 0.250 e. The lowest BCUT2D eigenvalue weighted by atomic mass is 9.94. The van der Waals surface area contributed by atoms with Crippen LogP contribution >= 0.6 is 15.9 Å². The molecule has 0 spiro atoms. The Morgan fingerprint density at radius 2 is 2.12 bits per heavy atom. The van der Waals surface area contributed by atoms with E-state index in [1.807, 2.05) is 6.08 Å². The molecule has 0 aromatic rings. The Labute approximate surface area is 101 Å². The number of likely N-dealkylation sites (tertiary alicyclic amines) is 1. The van der Waals surface area contributed by atoms with E-state index in [1.165, 1.54) is 4.90 Å². The minimum Gasteiger partial charge on any atom is -0.330 e. The lowest BCUT2D eigenvalue weighted by molar-refractivity contribution is -0.127. The van der Waals surface area contributed by atoms with Gasteiger partial charge in [-0.2, -0.15) is 0 Å². The molecule has 2 rings (SSSR count). The number of alkyl halides is 2. The second-order valence-corrected chi connectivity index (χ2v) is 5.08. The summed E-state index contributed by atoms with van der Waals surface area (Å²) in [5.74, 6) is -0.144. The quantitative estimate of drug-likeness (QED) is 0.782. The van der Waals surface area contributed by atoms with Gasteiger partial charge in [-0.3, -0.25) is 4.79 Å². The fourth-order valence-electron chi connectivity index (χ4n) is 2.15. The minimum absolute atomic E-state index is 0.0764. The molecule has 1 fully saturated rings. The van der Waals surface area contributed by atoms with Crippen molar-refractivity contribution in [1.82, 2.24) is 4.90 Å². The Bertz CT molecular complexity index is 363. The van der Waals surface area contributed by atoms with Crippen LogP contribution in [0.2, 0.25) is 0 Å². The largest absolute Gasteiger partial charge is 0.330 e. The zero-order valence-electron chi connectivity index (χ0n) is 8.63. The van der Waals surface area contributed by atoms with Gasteiger partial charge in [0, 0.05) is 18.0 Å². The highest BCUT2D eigenvalue weighted by Gasteiger charge is 2.39. The van der Waals surface area contributed by atoms with E-state index in [2.05, 4.69) is 15.9 Å². The van der Waals surface area contributed by atoms with Crippen molar-refractivity contribution in [3.63, 3.8) is 0 Å². The molecular weight excluding hydrogens is 280 g/mol. The third kappa shape index (κ3) is 1.93. The second kappa shape index (κ2) is 4.65. The van der Waals surface area contributed by atoms with Gasteiger partial charge in [0.05, 0.1) is 6.04 Å². The van der Waals surface area contributed by atoms with Crippen molar-refractivity contribution in [2.75, 3.05) is 19.9 Å². The molecular formula is C11H12BrF2NO. The van der Waals surface area contributed by atoms with Crippen LogP contribution < -0.4 is 0 Å². The first-order chi connectivity index (χ1) is 7.67. The summed E-state index contributed by atoms with van der Waals surface area (Å²) in [6.07, 6.45) is 4.31. The van der Waals surface area contributed by atoms with Crippen molar-refractivity contribution >= 4 is 21.8 Å². The van der Waals surface area contributed by atoms with Crippen LogP contribution in [-0.2, 0) is 4.79 Å². The van der Waals surface area contributed by atoms with Gasteiger partial charge in [-0.15, -0.1) is 0 Å². The van der Waals surface area contributed by atoms with E-state index in [0.29, 0.717) is 12.1 Å². The molecule has 0 aromatic carbocycles. The zero-order valence-corrected chi connectivity index (χ0v) is 10.2. The molecule has 5 heteroatoms. The van der Waals surface area contributed by atoms with Gasteiger partial charge in [0.1, 0.15) is 13.3 Å². The Morgan fingerprint density at radius 3 is 2.75 bits per heavy atom. The number of halogens is 3. The molecule has 88 valence electrons. The number of carbonyl (C=O) groups is 1. The Morgan fingerprint density at radius 1 is 1.44 bits per heavy atom. The molecule has 1 atom stereocenters. The third-order valence-corrected chi connectivity index (χ3v) is 3.63. The molecule has 1 saturated heterocycles. The predicted molar refractivity (Wildman–Crippen MR) is 60.7 cm³/mol. The standard InChI is InChI=1S/C11H12BrF2NO/c12-8-1-2-10-7(3-8)6-15(11(10)16)9(4-13)5-14/h1-2,7,9H,3-6H2. The van der Waals surface area contributed by atoms with E-state index in [4.69, 9.17) is 0 Å². The highest BCUT2D eigenvalue weighted by Crippen LogP contribution is 2.35. The van der Waals surface area contributed by atoms with Crippen LogP contribution in [0.15, 0.2) is 22.2 Å². The molecule has 2 nitrogen and oxygen atoms in total. The molecule has 1 aliphatic heterocycles. The average Bonchev–Trinajstić information content (AvgIpc) is 2.58. The van der Waals surface area contributed by atoms with Crippen molar-refractivity contribution < 1.29 is 13.6 Å². The van der Waals surface area contributed by atoms with E-state index in [1.54, 1.807) is 6.08 Å². The fourth-order valence-corrected chi connectivity index (χ4v) is 2.67. The summed E-state index contributed by atoms with van der Waals surface area (Å²) in [5.41, 5.74) is 0.676. The molecule has 2 aliphatic rings. The normalized spacial score (nSPS) is 24.6. The first kappa shape index (κ1) is 11.8. The lowest BCUT2D eigenvalue weighted by Gasteiger charge is -2.22. The van der Waals surface area contributed by atoms with Gasteiger partial charge in [0.2, 0.25) is 0 Å². The summed E-state index contributed by atoms with van der Waals surface area (Å²) in [4.78, 5) is 13.2. The molecule has 1 unspecified atom stereocenters. The van der Waals surface area contributed by atoms with Crippen LogP contribution in [0, 0.1) is 5.92 Å². The summed E-state index contributed by atoms with van der Waals surface area (Å²) in [6.45, 7) is -1.22. The summed E-state index contributed by atoms with van der Waals surface area (Å²) < 4.78 is 26.1. The van der Waals surface area contributed by atoms with Crippen molar-refractivity contribution in [2.45, 2.75) is 12.5 Å². The molecule has 0 bridgehead atoms. The number of amides is 1. The number of hydrogen-bond acceptors (Lipinski definition) is 1. The van der Waals surface area contributed by atoms with E-state index in [0.717, 1.165) is 10.9 Å². The SMILES string of the molecule is O=C1C2=CC=C(Br)CC2CN1C(CF)CF. The van der Waals surface area contributed by atoms with Crippen molar-refractivity contribution in [3.05, 3.63) is 22.2 Å². The summed E-state index contributed by atoms with van der Waals surface area (Å²) >= 11 is 3.37. The van der Waals surface area contributed by atoms with Crippen LogP contribution in [0.4, 0.5) is 8.78 Å². The Balaban J connectivity index is 2.18. The van der Waals surface area contributed by atoms with Crippen LogP contribution in [0.25, 0.3) is 0 Å². The number of rotatable bonds is 3. The molecule has 0 saturated carbocycles. The molecule has 1 aliphatic carbocycles. The monoisotopic (exact) mass is 291 g/mol. The van der Waals surface area contributed by atoms with Gasteiger partial charge in [-0.1, -0.05) is 28.1 Å². The molecule has 0 aromatic heterocycles. The van der Waals surface area contributed by atoms with E-state index in [9.17, 15) is 13.6 Å². The fraction of sp³-hybridized carbons (Fsp3) is 0.545. The minimum atomic E-state index is -0.919. The highest BCUT2D eigenvalue weighted by atomic mass is 79.9. The number of nitrogens with zero attached hydrogens (tertiary/aromatic N) is 1. The maximum absolute atomic E-state index is 12.6. The number of carbonyl (C=O) groups excluding carboxylic acids is 1. The first-order valence-corrected chi connectivity index (χ1v) is 5.95. The van der Waals surface area contributed by atoms with Gasteiger partial charge >= 0.3 is 0 Å². The number of hydrogen-bond donors (Lipinski definition) is 0. The van der Waals surface area contributed by atoms with Crippen molar-refractivity contribution in [1.29, 1.82) is 0 Å². The van der Waals surface area contributed by atoms with Crippen LogP contribution in [0.3, 0.4) is 0 Å². The van der Waals surface area contributed by atoms with Crippen molar-refractivity contribution in [3.8, 4) is 0 Å². The topological polar surface area (TPSA) is 20.3 Å². The summed E-state index contributed by atoms with van der Waals surface area (Å²) in [5, 5.41) is 0. The zero-order chi connectivity index (χ0) is 11.7. The van der Waals surface area contributed by atoms with Crippen LogP contribution in [-0.4, -0.2) is 36.7 Å². The summed E-state index contributed by atoms with van der Waals surface area (Å²) in [6, 6.07) is -0.919. The van der Waals surface area contributed by atoms with Gasteiger partial charge < -0.3 is 4.90 Å². The smallest absolute Gasteiger partial charge is 0.250 e. The van der Waals surface area contributed by atoms with E-state index in [-0.39, 0.29) is 11.8 Å². The molecule has 1 heterocycles. The number of fused-ring (bicyclic) bond motifs is 1. The first-order valence-electron chi connectivity index (χ1n) is 5.16. The Hall–Kier alpha value is -0.710. The van der Waals surface area contributed by atoms with Crippen molar-refractivity contribution in [2.24, 2.45) is 5.92 Å². The summed E-state index contributed by atoms with van der Waals surface area (Å²) in [7, 11) is 0. The van der Waals surface area contributed by atoms with Crippen LogP contribution in [0.5, 0.6) is 0 Å². The predicted octanol–water partition coefficient (Wildman–Crippen LogP) is 2.36. The second-order valence-electron chi connectivity index (χ2n) is 4.06. The van der Waals surface area contributed by atoms with Gasteiger partial charge in [0.25, 0.3) is 5.91 Å². The number of allylic oxidation sites excluding steroid dienone is 3. The molecule has 0 radical (unpaired) electrons.